The lowest BCUT2D eigenvalue weighted by Crippen LogP contribution is -2.68. The summed E-state index contributed by atoms with van der Waals surface area (Å²) in [5.74, 6) is 1.76. The van der Waals surface area contributed by atoms with Crippen molar-refractivity contribution >= 4 is 29.9 Å². The number of likely N-dealkylation sites (tertiary alicyclic amines) is 1. The molecule has 3 unspecified atom stereocenters. The van der Waals surface area contributed by atoms with E-state index in [1.54, 1.807) is 0 Å². The topological polar surface area (TPSA) is 46.1 Å². The van der Waals surface area contributed by atoms with Crippen LogP contribution in [0.3, 0.4) is 0 Å². The fourth-order valence-corrected chi connectivity index (χ4v) is 4.63. The number of aliphatic imine (C=N–C) groups is 1. The average molecular weight is 465 g/mol. The number of hydrogen-bond acceptors (Lipinski definition) is 3. The number of nitrogens with one attached hydrogen (secondary N) is 1. The molecule has 2 aliphatic carbocycles. The molecule has 25 heavy (non-hydrogen) atoms. The third-order valence-electron chi connectivity index (χ3n) is 6.19. The van der Waals surface area contributed by atoms with Crippen molar-refractivity contribution in [2.75, 3.05) is 39.5 Å². The van der Waals surface area contributed by atoms with Gasteiger partial charge in [0.2, 0.25) is 0 Å². The predicted octanol–water partition coefficient (Wildman–Crippen LogP) is 3.28. The van der Waals surface area contributed by atoms with E-state index in [1.807, 2.05) is 0 Å². The van der Waals surface area contributed by atoms with Crippen molar-refractivity contribution in [3.8, 4) is 0 Å². The maximum Gasteiger partial charge on any atom is 0.194 e. The smallest absolute Gasteiger partial charge is 0.194 e. The second kappa shape index (κ2) is 9.74. The first-order chi connectivity index (χ1) is 11.7. The lowest BCUT2D eigenvalue weighted by molar-refractivity contribution is -0.168. The molecule has 0 aromatic heterocycles. The molecule has 3 fully saturated rings. The maximum atomic E-state index is 5.98. The van der Waals surface area contributed by atoms with Gasteiger partial charge in [-0.05, 0) is 46.5 Å². The van der Waals surface area contributed by atoms with Gasteiger partial charge < -0.3 is 19.7 Å². The van der Waals surface area contributed by atoms with E-state index in [9.17, 15) is 0 Å². The number of hydrogen-bond donors (Lipinski definition) is 1. The molecule has 3 rings (SSSR count). The Bertz CT molecular complexity index is 442. The molecule has 0 radical (unpaired) electrons. The first-order valence-corrected chi connectivity index (χ1v) is 9.98. The van der Waals surface area contributed by atoms with Crippen molar-refractivity contribution in [1.82, 2.24) is 10.2 Å². The Morgan fingerprint density at radius 1 is 1.24 bits per heavy atom. The zero-order valence-electron chi connectivity index (χ0n) is 16.1. The summed E-state index contributed by atoms with van der Waals surface area (Å²) in [4.78, 5) is 7.23. The molecule has 1 aliphatic heterocycles. The largest absolute Gasteiger partial charge is 0.381 e. The highest BCUT2D eigenvalue weighted by Crippen LogP contribution is 2.57. The van der Waals surface area contributed by atoms with Crippen molar-refractivity contribution in [2.45, 2.75) is 65.0 Å². The minimum atomic E-state index is 0. The summed E-state index contributed by atoms with van der Waals surface area (Å²) in [5.41, 5.74) is 0.384. The van der Waals surface area contributed by atoms with Crippen LogP contribution in [0.1, 0.15) is 52.9 Å². The van der Waals surface area contributed by atoms with E-state index >= 15 is 0 Å². The standard InChI is InChI=1S/C19H35N3O2.HI/c1-4-20-18(22-11-8-15(13-22)14-23-5-2)21-16-12-17(24-6-3)19(16)9-7-10-19;/h15-17H,4-14H2,1-3H3,(H,20,21);1H. The number of ether oxygens (including phenoxy) is 2. The van der Waals surface area contributed by atoms with Crippen LogP contribution in [0.15, 0.2) is 4.99 Å². The normalized spacial score (nSPS) is 30.6. The summed E-state index contributed by atoms with van der Waals surface area (Å²) in [7, 11) is 0. The van der Waals surface area contributed by atoms with E-state index in [0.29, 0.717) is 23.5 Å². The third-order valence-corrected chi connectivity index (χ3v) is 6.19. The average Bonchev–Trinajstić information content (AvgIpc) is 2.98. The lowest BCUT2D eigenvalue weighted by atomic mass is 9.51. The van der Waals surface area contributed by atoms with E-state index in [1.165, 1.54) is 25.7 Å². The second-order valence-corrected chi connectivity index (χ2v) is 7.52. The van der Waals surface area contributed by atoms with Crippen molar-refractivity contribution in [1.29, 1.82) is 0 Å². The molecule has 1 spiro atoms. The van der Waals surface area contributed by atoms with Crippen LogP contribution < -0.4 is 5.32 Å². The molecule has 1 saturated heterocycles. The minimum absolute atomic E-state index is 0. The molecule has 3 aliphatic rings. The summed E-state index contributed by atoms with van der Waals surface area (Å²) in [5, 5.41) is 3.81. The first-order valence-electron chi connectivity index (χ1n) is 9.98. The van der Waals surface area contributed by atoms with E-state index in [-0.39, 0.29) is 24.0 Å². The van der Waals surface area contributed by atoms with Gasteiger partial charge in [-0.25, -0.2) is 0 Å². The molecular formula is C19H36IN3O2. The van der Waals surface area contributed by atoms with Crippen LogP contribution >= 0.6 is 24.0 Å². The second-order valence-electron chi connectivity index (χ2n) is 7.52. The molecule has 1 heterocycles. The van der Waals surface area contributed by atoms with E-state index < -0.39 is 0 Å². The summed E-state index contributed by atoms with van der Waals surface area (Å²) >= 11 is 0. The van der Waals surface area contributed by atoms with Crippen LogP contribution in [-0.4, -0.2) is 62.5 Å². The molecule has 3 atom stereocenters. The molecule has 2 saturated carbocycles. The lowest BCUT2D eigenvalue weighted by Gasteiger charge is -2.61. The Kier molecular flexibility index (Phi) is 8.27. The highest BCUT2D eigenvalue weighted by atomic mass is 127. The summed E-state index contributed by atoms with van der Waals surface area (Å²) in [6.07, 6.45) is 6.76. The molecule has 6 heteroatoms. The molecule has 0 bridgehead atoms. The van der Waals surface area contributed by atoms with Crippen LogP contribution in [0.4, 0.5) is 0 Å². The monoisotopic (exact) mass is 465 g/mol. The van der Waals surface area contributed by atoms with E-state index in [4.69, 9.17) is 14.5 Å². The van der Waals surface area contributed by atoms with Crippen molar-refractivity contribution in [3.05, 3.63) is 0 Å². The Balaban J connectivity index is 0.00000225. The van der Waals surface area contributed by atoms with E-state index in [0.717, 1.165) is 51.8 Å². The molecule has 0 aromatic rings. The Morgan fingerprint density at radius 2 is 2.04 bits per heavy atom. The Morgan fingerprint density at radius 3 is 2.64 bits per heavy atom. The van der Waals surface area contributed by atoms with Gasteiger partial charge in [-0.2, -0.15) is 0 Å². The van der Waals surface area contributed by atoms with Gasteiger partial charge in [-0.15, -0.1) is 24.0 Å². The molecule has 0 aromatic carbocycles. The van der Waals surface area contributed by atoms with E-state index in [2.05, 4.69) is 31.0 Å². The van der Waals surface area contributed by atoms with Crippen molar-refractivity contribution in [2.24, 2.45) is 16.3 Å². The van der Waals surface area contributed by atoms with Gasteiger partial charge >= 0.3 is 0 Å². The highest BCUT2D eigenvalue weighted by Gasteiger charge is 2.59. The van der Waals surface area contributed by atoms with Gasteiger partial charge in [0.25, 0.3) is 0 Å². The van der Waals surface area contributed by atoms with Gasteiger partial charge in [-0.3, -0.25) is 4.99 Å². The van der Waals surface area contributed by atoms with Gasteiger partial charge in [-0.1, -0.05) is 6.42 Å². The Hall–Kier alpha value is -0.0800. The fraction of sp³-hybridized carbons (Fsp3) is 0.947. The number of halogens is 1. The molecule has 5 nitrogen and oxygen atoms in total. The predicted molar refractivity (Wildman–Crippen MR) is 113 cm³/mol. The zero-order chi connectivity index (χ0) is 17.0. The summed E-state index contributed by atoms with van der Waals surface area (Å²) in [6.45, 7) is 11.8. The third kappa shape index (κ3) is 4.43. The van der Waals surface area contributed by atoms with Crippen LogP contribution in [0.25, 0.3) is 0 Å². The maximum absolute atomic E-state index is 5.98. The number of nitrogens with zero attached hydrogens (tertiary/aromatic N) is 2. The van der Waals surface area contributed by atoms with Crippen LogP contribution in [0, 0.1) is 11.3 Å². The number of guanidine groups is 1. The van der Waals surface area contributed by atoms with Crippen molar-refractivity contribution < 1.29 is 9.47 Å². The van der Waals surface area contributed by atoms with Crippen LogP contribution in [0.2, 0.25) is 0 Å². The minimum Gasteiger partial charge on any atom is -0.381 e. The van der Waals surface area contributed by atoms with Crippen molar-refractivity contribution in [3.63, 3.8) is 0 Å². The van der Waals surface area contributed by atoms with Gasteiger partial charge in [0.05, 0.1) is 12.7 Å². The fourth-order valence-electron chi connectivity index (χ4n) is 4.63. The summed E-state index contributed by atoms with van der Waals surface area (Å²) < 4.78 is 11.6. The highest BCUT2D eigenvalue weighted by molar-refractivity contribution is 14.0. The SMILES string of the molecule is CCN=C(NC1CC(OCC)C12CCC2)N1CCC(COCC)C1.I. The molecule has 0 amide bonds. The molecular weight excluding hydrogens is 429 g/mol. The van der Waals surface area contributed by atoms with Gasteiger partial charge in [0, 0.05) is 50.2 Å². The zero-order valence-corrected chi connectivity index (χ0v) is 18.5. The molecule has 1 N–H and O–H groups in total. The van der Waals surface area contributed by atoms with Gasteiger partial charge in [0.15, 0.2) is 5.96 Å². The van der Waals surface area contributed by atoms with Crippen LogP contribution in [-0.2, 0) is 9.47 Å². The van der Waals surface area contributed by atoms with Gasteiger partial charge in [0.1, 0.15) is 0 Å². The summed E-state index contributed by atoms with van der Waals surface area (Å²) in [6, 6.07) is 0.541. The number of rotatable bonds is 7. The Labute approximate surface area is 170 Å². The quantitative estimate of drug-likeness (QED) is 0.356. The van der Waals surface area contributed by atoms with Crippen LogP contribution in [0.5, 0.6) is 0 Å². The molecule has 146 valence electrons. The first kappa shape index (κ1) is 21.2.